The average Bonchev–Trinajstić information content (AvgIpc) is 2.88. The van der Waals surface area contributed by atoms with Crippen LogP contribution in [0.15, 0.2) is 36.7 Å². The zero-order chi connectivity index (χ0) is 18.7. The molecule has 3 rings (SSSR count). The number of aromatic nitrogens is 4. The number of hydrogen-bond donors (Lipinski definition) is 2. The van der Waals surface area contributed by atoms with Gasteiger partial charge in [-0.05, 0) is 38.8 Å². The molecule has 2 N–H and O–H groups in total. The monoisotopic (exact) mass is 350 g/mol. The SMILES string of the molecule is CCc1ccccc1NC(=O)Nc1cnc(-n2c(C)nc(C)c2C)nc1. The third-order valence-corrected chi connectivity index (χ3v) is 4.25. The minimum Gasteiger partial charge on any atom is -0.307 e. The molecule has 0 unspecified atom stereocenters. The highest BCUT2D eigenvalue weighted by Crippen LogP contribution is 2.17. The van der Waals surface area contributed by atoms with E-state index in [1.807, 2.05) is 56.5 Å². The molecule has 3 aromatic rings. The van der Waals surface area contributed by atoms with Crippen LogP contribution in [0.3, 0.4) is 0 Å². The molecule has 0 aliphatic carbocycles. The molecule has 2 aromatic heterocycles. The summed E-state index contributed by atoms with van der Waals surface area (Å²) < 4.78 is 1.89. The Kier molecular flexibility index (Phi) is 4.97. The number of imidazole rings is 1. The standard InChI is InChI=1S/C19H22N6O/c1-5-15-8-6-7-9-17(15)24-19(26)23-16-10-20-18(21-11-16)25-13(3)12(2)22-14(25)4/h6-11H,5H2,1-4H3,(H2,23,24,26). The van der Waals surface area contributed by atoms with Gasteiger partial charge in [-0.25, -0.2) is 19.7 Å². The number of amides is 2. The number of hydrogen-bond acceptors (Lipinski definition) is 4. The highest BCUT2D eigenvalue weighted by Gasteiger charge is 2.12. The lowest BCUT2D eigenvalue weighted by atomic mass is 10.1. The van der Waals surface area contributed by atoms with Crippen LogP contribution in [0.25, 0.3) is 5.95 Å². The Morgan fingerprint density at radius 2 is 1.77 bits per heavy atom. The fourth-order valence-electron chi connectivity index (χ4n) is 2.81. The highest BCUT2D eigenvalue weighted by atomic mass is 16.2. The van der Waals surface area contributed by atoms with E-state index in [2.05, 4.69) is 25.6 Å². The zero-order valence-corrected chi connectivity index (χ0v) is 15.4. The molecule has 2 heterocycles. The Balaban J connectivity index is 1.72. The molecule has 0 bridgehead atoms. The summed E-state index contributed by atoms with van der Waals surface area (Å²) in [6, 6.07) is 7.39. The minimum atomic E-state index is -0.326. The van der Waals surface area contributed by atoms with Crippen molar-refractivity contribution in [3.05, 3.63) is 59.4 Å². The molecule has 0 fully saturated rings. The number of carbonyl (C=O) groups excluding carboxylic acids is 1. The number of benzene rings is 1. The summed E-state index contributed by atoms with van der Waals surface area (Å²) in [6.07, 6.45) is 4.01. The van der Waals surface area contributed by atoms with Gasteiger partial charge in [0, 0.05) is 11.4 Å². The summed E-state index contributed by atoms with van der Waals surface area (Å²) in [4.78, 5) is 25.3. The lowest BCUT2D eigenvalue weighted by molar-refractivity contribution is 0.262. The van der Waals surface area contributed by atoms with Crippen molar-refractivity contribution in [2.75, 3.05) is 10.6 Å². The number of urea groups is 1. The molecule has 0 spiro atoms. The molecule has 134 valence electrons. The average molecular weight is 350 g/mol. The van der Waals surface area contributed by atoms with Gasteiger partial charge >= 0.3 is 6.03 Å². The van der Waals surface area contributed by atoms with E-state index >= 15 is 0 Å². The first-order chi connectivity index (χ1) is 12.5. The summed E-state index contributed by atoms with van der Waals surface area (Å²) in [5.41, 5.74) is 4.34. The molecule has 0 saturated heterocycles. The topological polar surface area (TPSA) is 84.7 Å². The van der Waals surface area contributed by atoms with Gasteiger partial charge in [-0.1, -0.05) is 25.1 Å². The summed E-state index contributed by atoms with van der Waals surface area (Å²) in [5.74, 6) is 1.36. The number of carbonyl (C=O) groups is 1. The van der Waals surface area contributed by atoms with Crippen molar-refractivity contribution in [1.29, 1.82) is 0 Å². The van der Waals surface area contributed by atoms with E-state index in [-0.39, 0.29) is 6.03 Å². The molecular formula is C19H22N6O. The van der Waals surface area contributed by atoms with E-state index in [4.69, 9.17) is 0 Å². The van der Waals surface area contributed by atoms with Crippen molar-refractivity contribution in [2.45, 2.75) is 34.1 Å². The van der Waals surface area contributed by atoms with Gasteiger partial charge in [-0.2, -0.15) is 0 Å². The van der Waals surface area contributed by atoms with Gasteiger partial charge in [0.15, 0.2) is 0 Å². The fraction of sp³-hybridized carbons (Fsp3) is 0.263. The second-order valence-electron chi connectivity index (χ2n) is 6.03. The number of nitrogens with zero attached hydrogens (tertiary/aromatic N) is 4. The van der Waals surface area contributed by atoms with Crippen LogP contribution >= 0.6 is 0 Å². The Morgan fingerprint density at radius 3 is 2.38 bits per heavy atom. The lowest BCUT2D eigenvalue weighted by Crippen LogP contribution is -2.20. The van der Waals surface area contributed by atoms with Gasteiger partial charge in [0.2, 0.25) is 5.95 Å². The van der Waals surface area contributed by atoms with E-state index in [0.29, 0.717) is 11.6 Å². The van der Waals surface area contributed by atoms with Crippen LogP contribution in [-0.2, 0) is 6.42 Å². The third-order valence-electron chi connectivity index (χ3n) is 4.25. The molecule has 26 heavy (non-hydrogen) atoms. The van der Waals surface area contributed by atoms with E-state index in [9.17, 15) is 4.79 Å². The van der Waals surface area contributed by atoms with Crippen LogP contribution in [-0.4, -0.2) is 25.6 Å². The van der Waals surface area contributed by atoms with E-state index in [1.54, 1.807) is 12.4 Å². The number of rotatable bonds is 4. The molecule has 0 aliphatic rings. The molecule has 0 aliphatic heterocycles. The molecular weight excluding hydrogens is 328 g/mol. The maximum absolute atomic E-state index is 12.2. The van der Waals surface area contributed by atoms with Crippen LogP contribution in [0.5, 0.6) is 0 Å². The Morgan fingerprint density at radius 1 is 1.08 bits per heavy atom. The van der Waals surface area contributed by atoms with Crippen LogP contribution in [0.4, 0.5) is 16.2 Å². The second kappa shape index (κ2) is 7.35. The first-order valence-electron chi connectivity index (χ1n) is 8.50. The first-order valence-corrected chi connectivity index (χ1v) is 8.50. The molecule has 2 amide bonds. The van der Waals surface area contributed by atoms with Gasteiger partial charge < -0.3 is 10.6 Å². The van der Waals surface area contributed by atoms with Crippen LogP contribution in [0.2, 0.25) is 0 Å². The number of aryl methyl sites for hydroxylation is 3. The predicted molar refractivity (Wildman–Crippen MR) is 102 cm³/mol. The molecule has 7 nitrogen and oxygen atoms in total. The normalized spacial score (nSPS) is 10.6. The third kappa shape index (κ3) is 3.56. The number of anilines is 2. The first kappa shape index (κ1) is 17.6. The maximum atomic E-state index is 12.2. The van der Waals surface area contributed by atoms with Crippen molar-refractivity contribution >= 4 is 17.4 Å². The second-order valence-corrected chi connectivity index (χ2v) is 6.03. The van der Waals surface area contributed by atoms with Crippen molar-refractivity contribution in [1.82, 2.24) is 19.5 Å². The number of para-hydroxylation sites is 1. The quantitative estimate of drug-likeness (QED) is 0.749. The molecule has 0 saturated carbocycles. The summed E-state index contributed by atoms with van der Waals surface area (Å²) in [6.45, 7) is 7.89. The molecule has 1 aromatic carbocycles. The fourth-order valence-corrected chi connectivity index (χ4v) is 2.81. The van der Waals surface area contributed by atoms with E-state index in [0.717, 1.165) is 34.9 Å². The summed E-state index contributed by atoms with van der Waals surface area (Å²) in [7, 11) is 0. The van der Waals surface area contributed by atoms with Crippen molar-refractivity contribution in [2.24, 2.45) is 0 Å². The van der Waals surface area contributed by atoms with Crippen LogP contribution in [0.1, 0.15) is 29.7 Å². The molecule has 0 atom stereocenters. The molecule has 0 radical (unpaired) electrons. The summed E-state index contributed by atoms with van der Waals surface area (Å²) >= 11 is 0. The van der Waals surface area contributed by atoms with Gasteiger partial charge in [-0.15, -0.1) is 0 Å². The Hall–Kier alpha value is -3.22. The van der Waals surface area contributed by atoms with Gasteiger partial charge in [-0.3, -0.25) is 4.57 Å². The van der Waals surface area contributed by atoms with Crippen molar-refractivity contribution < 1.29 is 4.79 Å². The Labute approximate surface area is 152 Å². The van der Waals surface area contributed by atoms with Crippen molar-refractivity contribution in [3.63, 3.8) is 0 Å². The van der Waals surface area contributed by atoms with Crippen molar-refractivity contribution in [3.8, 4) is 5.95 Å². The van der Waals surface area contributed by atoms with E-state index in [1.165, 1.54) is 0 Å². The van der Waals surface area contributed by atoms with Gasteiger partial charge in [0.25, 0.3) is 0 Å². The maximum Gasteiger partial charge on any atom is 0.323 e. The van der Waals surface area contributed by atoms with Gasteiger partial charge in [0.05, 0.1) is 23.8 Å². The predicted octanol–water partition coefficient (Wildman–Crippen LogP) is 3.79. The smallest absolute Gasteiger partial charge is 0.307 e. The summed E-state index contributed by atoms with van der Waals surface area (Å²) in [5, 5.41) is 5.61. The molecule has 7 heteroatoms. The Bertz CT molecular complexity index is 930. The van der Waals surface area contributed by atoms with Gasteiger partial charge in [0.1, 0.15) is 5.82 Å². The van der Waals surface area contributed by atoms with Crippen LogP contribution in [0, 0.1) is 20.8 Å². The largest absolute Gasteiger partial charge is 0.323 e. The lowest BCUT2D eigenvalue weighted by Gasteiger charge is -2.11. The highest BCUT2D eigenvalue weighted by molar-refractivity contribution is 6.00. The van der Waals surface area contributed by atoms with Crippen LogP contribution < -0.4 is 10.6 Å². The minimum absolute atomic E-state index is 0.326. The number of nitrogens with one attached hydrogen (secondary N) is 2. The van der Waals surface area contributed by atoms with E-state index < -0.39 is 0 Å². The zero-order valence-electron chi connectivity index (χ0n) is 15.4.